The molecule has 1 saturated heterocycles. The summed E-state index contributed by atoms with van der Waals surface area (Å²) >= 11 is 0. The number of halogens is 1. The van der Waals surface area contributed by atoms with Gasteiger partial charge in [0.25, 0.3) is 0 Å². The fourth-order valence-electron chi connectivity index (χ4n) is 2.86. The lowest BCUT2D eigenvalue weighted by molar-refractivity contribution is 0.0954. The Labute approximate surface area is 140 Å². The van der Waals surface area contributed by atoms with E-state index in [9.17, 15) is 0 Å². The van der Waals surface area contributed by atoms with Crippen molar-refractivity contribution in [3.8, 4) is 0 Å². The molecule has 0 aromatic carbocycles. The van der Waals surface area contributed by atoms with Crippen molar-refractivity contribution >= 4 is 12.4 Å². The first-order valence-electron chi connectivity index (χ1n) is 8.21. The summed E-state index contributed by atoms with van der Waals surface area (Å²) in [7, 11) is 2.19. The smallest absolute Gasteiger partial charge is 0.168 e. The third-order valence-corrected chi connectivity index (χ3v) is 4.77. The van der Waals surface area contributed by atoms with E-state index in [0.717, 1.165) is 51.3 Å². The molecule has 0 radical (unpaired) electrons. The van der Waals surface area contributed by atoms with Crippen LogP contribution in [-0.4, -0.2) is 63.2 Å². The maximum atomic E-state index is 4.39. The van der Waals surface area contributed by atoms with Crippen LogP contribution in [0, 0.1) is 0 Å². The molecule has 0 N–H and O–H groups in total. The topological polar surface area (TPSA) is 50.1 Å². The highest BCUT2D eigenvalue weighted by Gasteiger charge is 2.31. The van der Waals surface area contributed by atoms with E-state index in [2.05, 4.69) is 60.1 Å². The maximum Gasteiger partial charge on any atom is 0.168 e. The average Bonchev–Trinajstić information content (AvgIpc) is 2.96. The van der Waals surface area contributed by atoms with Gasteiger partial charge < -0.3 is 4.90 Å². The zero-order valence-corrected chi connectivity index (χ0v) is 15.4. The molecule has 0 amide bonds. The number of rotatable bonds is 6. The van der Waals surface area contributed by atoms with E-state index in [-0.39, 0.29) is 17.9 Å². The number of piperazine rings is 1. The first kappa shape index (κ1) is 19.3. The van der Waals surface area contributed by atoms with Gasteiger partial charge in [-0.05, 0) is 44.2 Å². The SMILES string of the molecule is CCCC(c1nnnn1C(C)(C)CC)N1CCN(C)CC1.Cl. The molecule has 6 nitrogen and oxygen atoms in total. The predicted molar refractivity (Wildman–Crippen MR) is 91.4 cm³/mol. The van der Waals surface area contributed by atoms with Gasteiger partial charge in [-0.3, -0.25) is 4.90 Å². The van der Waals surface area contributed by atoms with Crippen LogP contribution in [0.2, 0.25) is 0 Å². The minimum absolute atomic E-state index is 0. The van der Waals surface area contributed by atoms with E-state index in [1.165, 1.54) is 0 Å². The van der Waals surface area contributed by atoms with Crippen LogP contribution in [0.3, 0.4) is 0 Å². The normalized spacial score (nSPS) is 19.0. The fourth-order valence-corrected chi connectivity index (χ4v) is 2.86. The van der Waals surface area contributed by atoms with Gasteiger partial charge in [-0.2, -0.15) is 0 Å². The third-order valence-electron chi connectivity index (χ3n) is 4.77. The number of tetrazole rings is 1. The molecule has 0 aliphatic carbocycles. The molecule has 1 atom stereocenters. The van der Waals surface area contributed by atoms with Gasteiger partial charge in [-0.15, -0.1) is 17.5 Å². The summed E-state index contributed by atoms with van der Waals surface area (Å²) in [6.07, 6.45) is 3.28. The second-order valence-corrected chi connectivity index (χ2v) is 6.76. The van der Waals surface area contributed by atoms with Crippen molar-refractivity contribution in [2.45, 2.75) is 58.5 Å². The Hall–Kier alpha value is -0.720. The lowest BCUT2D eigenvalue weighted by atomic mass is 10.0. The van der Waals surface area contributed by atoms with Crippen LogP contribution in [0.15, 0.2) is 0 Å². The van der Waals surface area contributed by atoms with Crippen molar-refractivity contribution in [1.29, 1.82) is 0 Å². The van der Waals surface area contributed by atoms with Gasteiger partial charge in [0.2, 0.25) is 0 Å². The van der Waals surface area contributed by atoms with Gasteiger partial charge in [0.05, 0.1) is 11.6 Å². The van der Waals surface area contributed by atoms with Gasteiger partial charge in [0.1, 0.15) is 0 Å². The summed E-state index contributed by atoms with van der Waals surface area (Å²) in [5.41, 5.74) is -0.0304. The molecule has 1 aromatic rings. The van der Waals surface area contributed by atoms with Gasteiger partial charge in [0.15, 0.2) is 5.82 Å². The summed E-state index contributed by atoms with van der Waals surface area (Å²) in [4.78, 5) is 4.94. The molecular weight excluding hydrogens is 300 g/mol. The van der Waals surface area contributed by atoms with E-state index in [4.69, 9.17) is 0 Å². The van der Waals surface area contributed by atoms with Crippen LogP contribution in [-0.2, 0) is 5.54 Å². The van der Waals surface area contributed by atoms with Gasteiger partial charge in [0, 0.05) is 26.2 Å². The Kier molecular flexibility index (Phi) is 7.22. The zero-order chi connectivity index (χ0) is 15.5. The first-order valence-corrected chi connectivity index (χ1v) is 8.21. The summed E-state index contributed by atoms with van der Waals surface area (Å²) in [5.74, 6) is 1.04. The highest BCUT2D eigenvalue weighted by molar-refractivity contribution is 5.85. The van der Waals surface area contributed by atoms with E-state index in [1.54, 1.807) is 0 Å². The monoisotopic (exact) mass is 330 g/mol. The lowest BCUT2D eigenvalue weighted by Crippen LogP contribution is -2.47. The van der Waals surface area contributed by atoms with Gasteiger partial charge >= 0.3 is 0 Å². The van der Waals surface area contributed by atoms with Crippen molar-refractivity contribution in [2.24, 2.45) is 0 Å². The van der Waals surface area contributed by atoms with Crippen LogP contribution in [0.4, 0.5) is 0 Å². The summed E-state index contributed by atoms with van der Waals surface area (Å²) in [6, 6.07) is 0.338. The molecule has 1 aromatic heterocycles. The summed E-state index contributed by atoms with van der Waals surface area (Å²) < 4.78 is 2.05. The van der Waals surface area contributed by atoms with Crippen molar-refractivity contribution in [3.05, 3.63) is 5.82 Å². The molecule has 2 heterocycles. The molecule has 22 heavy (non-hydrogen) atoms. The van der Waals surface area contributed by atoms with E-state index < -0.39 is 0 Å². The molecule has 1 aliphatic rings. The molecule has 0 spiro atoms. The van der Waals surface area contributed by atoms with Crippen LogP contribution in [0.1, 0.15) is 58.8 Å². The highest BCUT2D eigenvalue weighted by atomic mass is 35.5. The zero-order valence-electron chi connectivity index (χ0n) is 14.6. The van der Waals surface area contributed by atoms with Crippen molar-refractivity contribution < 1.29 is 0 Å². The molecule has 0 saturated carbocycles. The Balaban J connectivity index is 0.00000242. The highest BCUT2D eigenvalue weighted by Crippen LogP contribution is 2.29. The number of hydrogen-bond acceptors (Lipinski definition) is 5. The molecule has 1 fully saturated rings. The molecule has 7 heteroatoms. The van der Waals surface area contributed by atoms with Crippen LogP contribution >= 0.6 is 12.4 Å². The van der Waals surface area contributed by atoms with Crippen LogP contribution in [0.25, 0.3) is 0 Å². The van der Waals surface area contributed by atoms with Gasteiger partial charge in [-0.25, -0.2) is 4.68 Å². The lowest BCUT2D eigenvalue weighted by Gasteiger charge is -2.38. The Bertz CT molecular complexity index is 439. The van der Waals surface area contributed by atoms with Crippen LogP contribution in [0.5, 0.6) is 0 Å². The van der Waals surface area contributed by atoms with E-state index in [0.29, 0.717) is 6.04 Å². The minimum Gasteiger partial charge on any atom is -0.304 e. The second-order valence-electron chi connectivity index (χ2n) is 6.76. The van der Waals surface area contributed by atoms with Crippen LogP contribution < -0.4 is 0 Å². The van der Waals surface area contributed by atoms with Gasteiger partial charge in [-0.1, -0.05) is 20.3 Å². The van der Waals surface area contributed by atoms with E-state index in [1.807, 2.05) is 4.68 Å². The largest absolute Gasteiger partial charge is 0.304 e. The Morgan fingerprint density at radius 2 is 1.77 bits per heavy atom. The standard InChI is InChI=1S/C15H30N6.ClH/c1-6-8-13(20-11-9-19(5)10-12-20)14-16-17-18-21(14)15(3,4)7-2;/h13H,6-12H2,1-5H3;1H. The number of aromatic nitrogens is 4. The third kappa shape index (κ3) is 4.18. The molecular formula is C15H31ClN6. The quantitative estimate of drug-likeness (QED) is 0.801. The summed E-state index contributed by atoms with van der Waals surface area (Å²) in [6.45, 7) is 13.3. The molecule has 2 rings (SSSR count). The molecule has 1 aliphatic heterocycles. The minimum atomic E-state index is -0.0304. The molecule has 128 valence electrons. The Morgan fingerprint density at radius 3 is 2.32 bits per heavy atom. The predicted octanol–water partition coefficient (Wildman–Crippen LogP) is 2.33. The second kappa shape index (κ2) is 8.22. The fraction of sp³-hybridized carbons (Fsp3) is 0.933. The van der Waals surface area contributed by atoms with Crippen molar-refractivity contribution in [1.82, 2.24) is 30.0 Å². The number of likely N-dealkylation sites (N-methyl/N-ethyl adjacent to an activating group) is 1. The Morgan fingerprint density at radius 1 is 1.14 bits per heavy atom. The molecule has 0 bridgehead atoms. The number of hydrogen-bond donors (Lipinski definition) is 0. The van der Waals surface area contributed by atoms with E-state index >= 15 is 0 Å². The summed E-state index contributed by atoms with van der Waals surface area (Å²) in [5, 5.41) is 12.7. The van der Waals surface area contributed by atoms with Crippen molar-refractivity contribution in [3.63, 3.8) is 0 Å². The average molecular weight is 331 g/mol. The number of nitrogens with zero attached hydrogens (tertiary/aromatic N) is 6. The first-order chi connectivity index (χ1) is 9.99. The maximum absolute atomic E-state index is 4.39. The van der Waals surface area contributed by atoms with Crippen molar-refractivity contribution in [2.75, 3.05) is 33.2 Å². The molecule has 1 unspecified atom stereocenters.